The van der Waals surface area contributed by atoms with Gasteiger partial charge in [-0.2, -0.15) is 0 Å². The molecule has 3 heteroatoms. The monoisotopic (exact) mass is 239 g/mol. The molecule has 0 aromatic carbocycles. The average Bonchev–Trinajstić information content (AvgIpc) is 2.65. The maximum atomic E-state index is 5.88. The number of aryl methyl sites for hydroxylation is 1. The summed E-state index contributed by atoms with van der Waals surface area (Å²) in [5.41, 5.74) is 1.09. The van der Waals surface area contributed by atoms with Gasteiger partial charge in [-0.05, 0) is 39.8 Å². The highest BCUT2D eigenvalue weighted by Gasteiger charge is 2.17. The Kier molecular flexibility index (Phi) is 5.22. The quantitative estimate of drug-likeness (QED) is 0.792. The molecular formula is C14H25NO2. The number of hydrogen-bond acceptors (Lipinski definition) is 3. The Morgan fingerprint density at radius 3 is 2.65 bits per heavy atom. The van der Waals surface area contributed by atoms with Crippen LogP contribution in [0.3, 0.4) is 0 Å². The van der Waals surface area contributed by atoms with Crippen LogP contribution < -0.4 is 5.32 Å². The van der Waals surface area contributed by atoms with Crippen LogP contribution in [0.25, 0.3) is 0 Å². The summed E-state index contributed by atoms with van der Waals surface area (Å²) in [6, 6.07) is 2.09. The number of nitrogens with one attached hydrogen (secondary N) is 1. The van der Waals surface area contributed by atoms with Crippen molar-refractivity contribution >= 4 is 0 Å². The smallest absolute Gasteiger partial charge is 0.118 e. The zero-order valence-corrected chi connectivity index (χ0v) is 11.7. The molecule has 0 radical (unpaired) electrons. The van der Waals surface area contributed by atoms with Crippen molar-refractivity contribution in [3.8, 4) is 0 Å². The van der Waals surface area contributed by atoms with Crippen molar-refractivity contribution in [1.82, 2.24) is 5.32 Å². The molecule has 0 unspecified atom stereocenters. The summed E-state index contributed by atoms with van der Waals surface area (Å²) < 4.78 is 11.6. The van der Waals surface area contributed by atoms with Crippen LogP contribution in [0.4, 0.5) is 0 Å². The molecule has 1 aromatic heterocycles. The second-order valence-electron chi connectivity index (χ2n) is 4.98. The van der Waals surface area contributed by atoms with Gasteiger partial charge in [0.25, 0.3) is 0 Å². The van der Waals surface area contributed by atoms with E-state index in [4.69, 9.17) is 9.15 Å². The Bertz CT molecular complexity index is 342. The van der Waals surface area contributed by atoms with Crippen LogP contribution in [0.1, 0.15) is 51.2 Å². The highest BCUT2D eigenvalue weighted by molar-refractivity contribution is 5.20. The van der Waals surface area contributed by atoms with Crippen molar-refractivity contribution in [3.63, 3.8) is 0 Å². The van der Waals surface area contributed by atoms with Gasteiger partial charge in [-0.15, -0.1) is 0 Å². The van der Waals surface area contributed by atoms with E-state index in [0.717, 1.165) is 36.6 Å². The second-order valence-corrected chi connectivity index (χ2v) is 4.98. The lowest BCUT2D eigenvalue weighted by Crippen LogP contribution is -2.22. The average molecular weight is 239 g/mol. The Morgan fingerprint density at radius 1 is 1.35 bits per heavy atom. The van der Waals surface area contributed by atoms with E-state index in [2.05, 4.69) is 39.1 Å². The van der Waals surface area contributed by atoms with Crippen molar-refractivity contribution in [2.24, 2.45) is 0 Å². The molecule has 0 aliphatic heterocycles. The zero-order chi connectivity index (χ0) is 12.9. The first-order chi connectivity index (χ1) is 7.98. The Morgan fingerprint density at radius 2 is 2.06 bits per heavy atom. The standard InChI is InChI=1S/C14H25NO2/c1-6-14(4,5)16-10-12-8-13(9-15-7-2)17-11(12)3/h8,15H,6-7,9-10H2,1-5H3. The van der Waals surface area contributed by atoms with Gasteiger partial charge in [0.15, 0.2) is 0 Å². The van der Waals surface area contributed by atoms with E-state index in [1.165, 1.54) is 0 Å². The first kappa shape index (κ1) is 14.3. The molecule has 0 saturated carbocycles. The number of furan rings is 1. The number of rotatable bonds is 7. The molecule has 1 heterocycles. The van der Waals surface area contributed by atoms with Crippen LogP contribution >= 0.6 is 0 Å². The molecule has 1 N–H and O–H groups in total. The lowest BCUT2D eigenvalue weighted by molar-refractivity contribution is -0.0320. The predicted octanol–water partition coefficient (Wildman–Crippen LogP) is 3.40. The normalized spacial score (nSPS) is 12.1. The van der Waals surface area contributed by atoms with E-state index < -0.39 is 0 Å². The van der Waals surface area contributed by atoms with E-state index in [1.807, 2.05) is 6.92 Å². The molecule has 0 aliphatic carbocycles. The van der Waals surface area contributed by atoms with Crippen LogP contribution in [-0.4, -0.2) is 12.1 Å². The van der Waals surface area contributed by atoms with Crippen molar-refractivity contribution < 1.29 is 9.15 Å². The second kappa shape index (κ2) is 6.22. The Hall–Kier alpha value is -0.800. The first-order valence-electron chi connectivity index (χ1n) is 6.41. The van der Waals surface area contributed by atoms with Crippen molar-refractivity contribution in [1.29, 1.82) is 0 Å². The fraction of sp³-hybridized carbons (Fsp3) is 0.714. The van der Waals surface area contributed by atoms with Gasteiger partial charge in [-0.1, -0.05) is 13.8 Å². The molecule has 3 nitrogen and oxygen atoms in total. The van der Waals surface area contributed by atoms with Gasteiger partial charge < -0.3 is 14.5 Å². The van der Waals surface area contributed by atoms with Crippen molar-refractivity contribution in [2.75, 3.05) is 6.54 Å². The predicted molar refractivity (Wildman–Crippen MR) is 70.0 cm³/mol. The molecule has 98 valence electrons. The summed E-state index contributed by atoms with van der Waals surface area (Å²) >= 11 is 0. The van der Waals surface area contributed by atoms with Crippen LogP contribution in [0.5, 0.6) is 0 Å². The third kappa shape index (κ3) is 4.52. The van der Waals surface area contributed by atoms with Crippen molar-refractivity contribution in [3.05, 3.63) is 23.2 Å². The highest BCUT2D eigenvalue weighted by atomic mass is 16.5. The fourth-order valence-electron chi connectivity index (χ4n) is 1.44. The van der Waals surface area contributed by atoms with E-state index >= 15 is 0 Å². The van der Waals surface area contributed by atoms with Gasteiger partial charge in [0.05, 0.1) is 18.8 Å². The van der Waals surface area contributed by atoms with Crippen LogP contribution in [0.15, 0.2) is 10.5 Å². The minimum absolute atomic E-state index is 0.0639. The molecule has 1 aromatic rings. The summed E-state index contributed by atoms with van der Waals surface area (Å²) in [7, 11) is 0. The van der Waals surface area contributed by atoms with Gasteiger partial charge >= 0.3 is 0 Å². The molecule has 0 spiro atoms. The minimum atomic E-state index is -0.0639. The van der Waals surface area contributed by atoms with E-state index in [0.29, 0.717) is 6.61 Å². The summed E-state index contributed by atoms with van der Waals surface area (Å²) in [5.74, 6) is 1.95. The maximum absolute atomic E-state index is 5.88. The molecule has 17 heavy (non-hydrogen) atoms. The van der Waals surface area contributed by atoms with Gasteiger partial charge in [-0.25, -0.2) is 0 Å². The Labute approximate surface area is 105 Å². The van der Waals surface area contributed by atoms with Crippen molar-refractivity contribution in [2.45, 2.75) is 59.8 Å². The SMILES string of the molecule is CCNCc1cc(COC(C)(C)CC)c(C)o1. The maximum Gasteiger partial charge on any atom is 0.118 e. The number of hydrogen-bond donors (Lipinski definition) is 1. The molecule has 1 rings (SSSR count). The van der Waals surface area contributed by atoms with Crippen LogP contribution in [0, 0.1) is 6.92 Å². The molecule has 0 saturated heterocycles. The first-order valence-corrected chi connectivity index (χ1v) is 6.41. The summed E-state index contributed by atoms with van der Waals surface area (Å²) in [5, 5.41) is 3.25. The lowest BCUT2D eigenvalue weighted by atomic mass is 10.1. The van der Waals surface area contributed by atoms with E-state index in [-0.39, 0.29) is 5.60 Å². The third-order valence-electron chi connectivity index (χ3n) is 3.09. The molecule has 0 amide bonds. The topological polar surface area (TPSA) is 34.4 Å². The van der Waals surface area contributed by atoms with Gasteiger partial charge in [0, 0.05) is 5.56 Å². The summed E-state index contributed by atoms with van der Waals surface area (Å²) in [4.78, 5) is 0. The Balaban J connectivity index is 2.56. The number of ether oxygens (including phenoxy) is 1. The molecule has 0 aliphatic rings. The van der Waals surface area contributed by atoms with E-state index in [9.17, 15) is 0 Å². The largest absolute Gasteiger partial charge is 0.465 e. The third-order valence-corrected chi connectivity index (χ3v) is 3.09. The van der Waals surface area contributed by atoms with Gasteiger partial charge in [-0.3, -0.25) is 0 Å². The van der Waals surface area contributed by atoms with Crippen LogP contribution in [-0.2, 0) is 17.9 Å². The van der Waals surface area contributed by atoms with Crippen LogP contribution in [0.2, 0.25) is 0 Å². The van der Waals surface area contributed by atoms with E-state index in [1.54, 1.807) is 0 Å². The lowest BCUT2D eigenvalue weighted by Gasteiger charge is -2.23. The highest BCUT2D eigenvalue weighted by Crippen LogP contribution is 2.20. The summed E-state index contributed by atoms with van der Waals surface area (Å²) in [6.45, 7) is 12.8. The minimum Gasteiger partial charge on any atom is -0.465 e. The molecule has 0 atom stereocenters. The molecule has 0 fully saturated rings. The van der Waals surface area contributed by atoms with Gasteiger partial charge in [0.1, 0.15) is 11.5 Å². The fourth-order valence-corrected chi connectivity index (χ4v) is 1.44. The molecular weight excluding hydrogens is 214 g/mol. The van der Waals surface area contributed by atoms with Gasteiger partial charge in [0.2, 0.25) is 0 Å². The zero-order valence-electron chi connectivity index (χ0n) is 11.7. The molecule has 0 bridgehead atoms. The summed E-state index contributed by atoms with van der Waals surface area (Å²) in [6.07, 6.45) is 1.01.